The third-order valence-corrected chi connectivity index (χ3v) is 7.41. The van der Waals surface area contributed by atoms with Crippen LogP contribution < -0.4 is 44.2 Å². The smallest absolute Gasteiger partial charge is 0.393 e. The molecule has 0 aromatic heterocycles. The molecule has 0 saturated carbocycles. The van der Waals surface area contributed by atoms with Crippen LogP contribution in [-0.4, -0.2) is 99.8 Å². The molecular formula is C27H44N9O10P. The number of guanidine groups is 1. The van der Waals surface area contributed by atoms with Crippen LogP contribution in [-0.2, 0) is 39.8 Å². The lowest BCUT2D eigenvalue weighted by Crippen LogP contribution is -2.57. The Bertz CT molecular complexity index is 1300. The van der Waals surface area contributed by atoms with E-state index >= 15 is 0 Å². The van der Waals surface area contributed by atoms with Crippen molar-refractivity contribution in [1.29, 1.82) is 0 Å². The van der Waals surface area contributed by atoms with E-state index in [4.69, 9.17) is 22.9 Å². The SMILES string of the molecule is NCCCCC(NC(=O)C(Cc1ccccc1)NC(=O)C(CC(=O)O)NC(=O)CNC(=O)C(N)CCCN=C(N)N)C(=O)P(=O)(O)O. The summed E-state index contributed by atoms with van der Waals surface area (Å²) in [5.74, 6) is -5.33. The molecule has 4 unspecified atom stereocenters. The molecule has 47 heavy (non-hydrogen) atoms. The molecule has 15 N–H and O–H groups in total. The summed E-state index contributed by atoms with van der Waals surface area (Å²) in [5, 5.41) is 18.5. The lowest BCUT2D eigenvalue weighted by Gasteiger charge is -2.25. The van der Waals surface area contributed by atoms with Crippen molar-refractivity contribution >= 4 is 48.7 Å². The predicted octanol–water partition coefficient (Wildman–Crippen LogP) is -3.51. The molecule has 4 atom stereocenters. The van der Waals surface area contributed by atoms with E-state index in [2.05, 4.69) is 26.3 Å². The van der Waals surface area contributed by atoms with E-state index in [0.717, 1.165) is 0 Å². The number of carbonyl (C=O) groups is 6. The quantitative estimate of drug-likeness (QED) is 0.0244. The Kier molecular flexibility index (Phi) is 17.8. The number of benzene rings is 1. The molecule has 0 aliphatic heterocycles. The van der Waals surface area contributed by atoms with Gasteiger partial charge >= 0.3 is 13.6 Å². The first-order valence-electron chi connectivity index (χ1n) is 14.6. The lowest BCUT2D eigenvalue weighted by atomic mass is 10.0. The van der Waals surface area contributed by atoms with Gasteiger partial charge in [0.1, 0.15) is 18.1 Å². The van der Waals surface area contributed by atoms with Crippen LogP contribution in [0, 0.1) is 0 Å². The minimum absolute atomic E-state index is 0.121. The average Bonchev–Trinajstić information content (AvgIpc) is 3.00. The number of hydrogen-bond donors (Lipinski definition) is 11. The number of amides is 4. The Hall–Kier alpha value is -4.42. The first-order valence-corrected chi connectivity index (χ1v) is 16.2. The summed E-state index contributed by atoms with van der Waals surface area (Å²) in [6.07, 6.45) is -0.0343. The first-order chi connectivity index (χ1) is 22.0. The van der Waals surface area contributed by atoms with Gasteiger partial charge in [-0.15, -0.1) is 0 Å². The Morgan fingerprint density at radius 1 is 0.830 bits per heavy atom. The molecule has 0 radical (unpaired) electrons. The molecular weight excluding hydrogens is 641 g/mol. The number of carbonyl (C=O) groups excluding carboxylic acids is 5. The lowest BCUT2D eigenvalue weighted by molar-refractivity contribution is -0.141. The molecule has 0 aliphatic carbocycles. The zero-order valence-corrected chi connectivity index (χ0v) is 26.6. The van der Waals surface area contributed by atoms with Crippen molar-refractivity contribution in [3.05, 3.63) is 35.9 Å². The molecule has 0 heterocycles. The summed E-state index contributed by atoms with van der Waals surface area (Å²) < 4.78 is 11.7. The van der Waals surface area contributed by atoms with E-state index in [1.807, 2.05) is 0 Å². The average molecular weight is 686 g/mol. The van der Waals surface area contributed by atoms with Gasteiger partial charge in [-0.2, -0.15) is 0 Å². The molecule has 1 rings (SSSR count). The number of carboxylic acid groups (broad SMARTS) is 1. The molecule has 0 saturated heterocycles. The van der Waals surface area contributed by atoms with Gasteiger partial charge in [-0.05, 0) is 44.2 Å². The van der Waals surface area contributed by atoms with Crippen LogP contribution in [0.15, 0.2) is 35.3 Å². The minimum atomic E-state index is -5.26. The number of nitrogens with one attached hydrogen (secondary N) is 4. The maximum absolute atomic E-state index is 13.4. The Morgan fingerprint density at radius 3 is 2.02 bits per heavy atom. The van der Waals surface area contributed by atoms with E-state index in [9.17, 15) is 48.2 Å². The third-order valence-electron chi connectivity index (χ3n) is 6.52. The van der Waals surface area contributed by atoms with Gasteiger partial charge in [0.15, 0.2) is 5.96 Å². The first kappa shape index (κ1) is 40.6. The Labute approximate surface area is 270 Å². The molecule has 0 fully saturated rings. The van der Waals surface area contributed by atoms with Gasteiger partial charge in [-0.3, -0.25) is 38.3 Å². The van der Waals surface area contributed by atoms with Gasteiger partial charge < -0.3 is 59.1 Å². The molecule has 19 nitrogen and oxygen atoms in total. The number of nitrogens with two attached hydrogens (primary N) is 4. The molecule has 0 aliphatic rings. The van der Waals surface area contributed by atoms with E-state index < -0.39 is 79.9 Å². The van der Waals surface area contributed by atoms with Crippen molar-refractivity contribution in [2.24, 2.45) is 27.9 Å². The fourth-order valence-electron chi connectivity index (χ4n) is 4.14. The molecule has 0 spiro atoms. The van der Waals surface area contributed by atoms with Gasteiger partial charge in [0, 0.05) is 13.0 Å². The number of nitrogens with zero attached hydrogens (tertiary/aromatic N) is 1. The van der Waals surface area contributed by atoms with E-state index in [1.54, 1.807) is 30.3 Å². The van der Waals surface area contributed by atoms with Crippen LogP contribution in [0.1, 0.15) is 44.1 Å². The van der Waals surface area contributed by atoms with Gasteiger partial charge in [-0.1, -0.05) is 30.3 Å². The molecule has 4 amide bonds. The second kappa shape index (κ2) is 20.7. The predicted molar refractivity (Wildman–Crippen MR) is 169 cm³/mol. The van der Waals surface area contributed by atoms with Crippen LogP contribution in [0.5, 0.6) is 0 Å². The number of rotatable bonds is 22. The van der Waals surface area contributed by atoms with Crippen molar-refractivity contribution in [2.75, 3.05) is 19.6 Å². The minimum Gasteiger partial charge on any atom is -0.481 e. The number of unbranched alkanes of at least 4 members (excludes halogenated alkanes) is 1. The summed E-state index contributed by atoms with van der Waals surface area (Å²) in [6, 6.07) is 2.43. The summed E-state index contributed by atoms with van der Waals surface area (Å²) in [7, 11) is -5.26. The van der Waals surface area contributed by atoms with Crippen molar-refractivity contribution in [3.63, 3.8) is 0 Å². The molecule has 1 aromatic rings. The number of aliphatic carboxylic acids is 1. The summed E-state index contributed by atoms with van der Waals surface area (Å²) >= 11 is 0. The zero-order valence-electron chi connectivity index (χ0n) is 25.7. The molecule has 20 heteroatoms. The normalized spacial score (nSPS) is 13.6. The van der Waals surface area contributed by atoms with Crippen LogP contribution in [0.4, 0.5) is 0 Å². The highest BCUT2D eigenvalue weighted by molar-refractivity contribution is 7.70. The highest BCUT2D eigenvalue weighted by Crippen LogP contribution is 2.37. The fourth-order valence-corrected chi connectivity index (χ4v) is 4.73. The third kappa shape index (κ3) is 16.6. The summed E-state index contributed by atoms with van der Waals surface area (Å²) in [5.41, 5.74) is 20.7. The maximum Gasteiger partial charge on any atom is 0.393 e. The van der Waals surface area contributed by atoms with E-state index in [-0.39, 0.29) is 44.7 Å². The van der Waals surface area contributed by atoms with Crippen LogP contribution in [0.25, 0.3) is 0 Å². The monoisotopic (exact) mass is 685 g/mol. The van der Waals surface area contributed by atoms with Gasteiger partial charge in [0.25, 0.3) is 5.52 Å². The summed E-state index contributed by atoms with van der Waals surface area (Å²) in [4.78, 5) is 98.0. The maximum atomic E-state index is 13.4. The van der Waals surface area contributed by atoms with Gasteiger partial charge in [-0.25, -0.2) is 0 Å². The van der Waals surface area contributed by atoms with Crippen molar-refractivity contribution < 1.29 is 48.2 Å². The van der Waals surface area contributed by atoms with Crippen LogP contribution in [0.2, 0.25) is 0 Å². The van der Waals surface area contributed by atoms with Crippen LogP contribution in [0.3, 0.4) is 0 Å². The number of carboxylic acids is 1. The molecule has 1 aromatic carbocycles. The summed E-state index contributed by atoms with van der Waals surface area (Å²) in [6.45, 7) is -0.202. The standard InChI is InChI=1S/C27H44N9O10P/c28-11-5-4-10-18(26(43)47(44,45)46)35-24(41)19(13-16-7-2-1-3-8-16)36-25(42)20(14-22(38)39)34-21(37)15-33-23(40)17(29)9-6-12-32-27(30)31/h1-3,7-8,17-20H,4-6,9-15,28-29H2,(H,33,40)(H,34,37)(H,35,41)(H,36,42)(H,38,39)(H4,30,31,32)(H2,44,45,46). The Morgan fingerprint density at radius 2 is 1.45 bits per heavy atom. The van der Waals surface area contributed by atoms with Crippen molar-refractivity contribution in [1.82, 2.24) is 21.3 Å². The van der Waals surface area contributed by atoms with Crippen molar-refractivity contribution in [2.45, 2.75) is 69.1 Å². The highest BCUT2D eigenvalue weighted by Gasteiger charge is 2.36. The highest BCUT2D eigenvalue weighted by atomic mass is 31.2. The number of aliphatic imine (C=N–C) groups is 1. The van der Waals surface area contributed by atoms with Crippen LogP contribution >= 0.6 is 7.60 Å². The van der Waals surface area contributed by atoms with Gasteiger partial charge in [0.05, 0.1) is 19.0 Å². The van der Waals surface area contributed by atoms with Gasteiger partial charge in [0.2, 0.25) is 23.6 Å². The fraction of sp³-hybridized carbons (Fsp3) is 0.519. The molecule has 262 valence electrons. The topological polar surface area (TPSA) is 345 Å². The molecule has 0 bridgehead atoms. The zero-order chi connectivity index (χ0) is 35.6. The van der Waals surface area contributed by atoms with Crippen molar-refractivity contribution in [3.8, 4) is 0 Å². The second-order valence-corrected chi connectivity index (χ2v) is 12.0. The second-order valence-electron chi connectivity index (χ2n) is 10.5. The largest absolute Gasteiger partial charge is 0.481 e. The Balaban J connectivity index is 3.06. The van der Waals surface area contributed by atoms with E-state index in [0.29, 0.717) is 18.4 Å². The van der Waals surface area contributed by atoms with E-state index in [1.165, 1.54) is 0 Å². The number of hydrogen-bond acceptors (Lipinski definition) is 10.